The second kappa shape index (κ2) is 28.6. The van der Waals surface area contributed by atoms with Gasteiger partial charge in [0.15, 0.2) is 0 Å². The normalized spacial score (nSPS) is 24.8. The third kappa shape index (κ3) is 16.5. The molecule has 0 aliphatic carbocycles. The lowest BCUT2D eigenvalue weighted by Gasteiger charge is -2.32. The quantitative estimate of drug-likeness (QED) is 0.0813. The molecular weight excluding hydrogens is 1010 g/mol. The van der Waals surface area contributed by atoms with Crippen LogP contribution in [0.2, 0.25) is 0 Å². The molecule has 3 heterocycles. The molecule has 1 aromatic heterocycles. The molecule has 0 bridgehead atoms. The number of aromatic amines is 1. The molecule has 4 aromatic rings. The Morgan fingerprint density at radius 2 is 1.12 bits per heavy atom. The highest BCUT2D eigenvalue weighted by Gasteiger charge is 2.41. The van der Waals surface area contributed by atoms with E-state index in [1.54, 1.807) is 49.5 Å². The van der Waals surface area contributed by atoms with Crippen LogP contribution in [0.15, 0.2) is 91.1 Å². The average molecular weight is 1080 g/mol. The predicted octanol–water partition coefficient (Wildman–Crippen LogP) is 3.21. The molecule has 2 saturated heterocycles. The first kappa shape index (κ1) is 58.7. The van der Waals surface area contributed by atoms with E-state index in [4.69, 9.17) is 0 Å². The van der Waals surface area contributed by atoms with Gasteiger partial charge in [0.2, 0.25) is 47.3 Å². The van der Waals surface area contributed by atoms with Crippen LogP contribution in [-0.4, -0.2) is 140 Å². The van der Waals surface area contributed by atoms with Crippen molar-refractivity contribution in [3.05, 3.63) is 108 Å². The first-order valence-corrected chi connectivity index (χ1v) is 29.4. The van der Waals surface area contributed by atoms with E-state index in [0.29, 0.717) is 35.3 Å². The van der Waals surface area contributed by atoms with Crippen LogP contribution in [0.1, 0.15) is 82.9 Å². The maximum absolute atomic E-state index is 15.0. The summed E-state index contributed by atoms with van der Waals surface area (Å²) in [5.74, 6) is -5.44. The fourth-order valence-electron chi connectivity index (χ4n) is 9.67. The summed E-state index contributed by atoms with van der Waals surface area (Å²) in [7, 11) is -1.39. The van der Waals surface area contributed by atoms with Gasteiger partial charge in [0.25, 0.3) is 0 Å². The molecule has 20 heteroatoms. The fraction of sp³-hybridized carbons (Fsp3) is 0.500. The number of hydrogen-bond acceptors (Lipinski definition) is 10. The number of H-pyrrole nitrogens is 1. The molecule has 6 rings (SSSR count). The number of aromatic nitrogens is 1. The number of para-hydroxylation sites is 1. The second-order valence-electron chi connectivity index (χ2n) is 20.3. The van der Waals surface area contributed by atoms with E-state index < -0.39 is 112 Å². The minimum Gasteiger partial charge on any atom is -0.361 e. The molecule has 0 spiro atoms. The van der Waals surface area contributed by atoms with Crippen molar-refractivity contribution in [3.63, 3.8) is 0 Å². The van der Waals surface area contributed by atoms with Crippen molar-refractivity contribution in [1.29, 1.82) is 0 Å². The highest BCUT2D eigenvalue weighted by atomic mass is 32.2. The zero-order valence-electron chi connectivity index (χ0n) is 44.4. The number of nitrogens with one attached hydrogen (secondary N) is 8. The van der Waals surface area contributed by atoms with Gasteiger partial charge >= 0.3 is 0 Å². The highest BCUT2D eigenvalue weighted by Crippen LogP contribution is 2.23. The predicted molar refractivity (Wildman–Crippen MR) is 296 cm³/mol. The molecule has 8 N–H and O–H groups in total. The Labute approximate surface area is 452 Å². The minimum absolute atomic E-state index is 0.0121. The number of amides is 8. The number of hydrogen-bond donors (Lipinski definition) is 8. The standard InChI is InChI=1S/C56H75N9O9S2/c1-7-35(4)48-55(72)58-41(25-28-76(6)74)49(66)60-43(29-34(2)3)50(67)59-42(24-27-75-5)56(73)65-26-16-23-47(65)54(71)63-45(31-37-19-12-9-13-20-37)52(69)61-44(30-36-17-10-8-11-18-36)51(68)62-46(53(70)64-48)32-38-33-57-40-22-15-14-21-39(38)40/h8-15,17-22,33-35,41-48,57H,7,16,23-32H2,1-6H3,(H,58,72)(H,59,67)(H,60,66)(H,61,69)(H,62,68)(H,63,71)(H,64,70)/t35?,41-,42-,43-,44-,45-,46-,47-,48-,76?/m0/s1. The van der Waals surface area contributed by atoms with Crippen LogP contribution in [-0.2, 0) is 68.4 Å². The van der Waals surface area contributed by atoms with E-state index >= 15 is 0 Å². The first-order chi connectivity index (χ1) is 36.5. The summed E-state index contributed by atoms with van der Waals surface area (Å²) in [6.45, 7) is 7.55. The summed E-state index contributed by atoms with van der Waals surface area (Å²) >= 11 is 1.47. The lowest BCUT2D eigenvalue weighted by atomic mass is 9.96. The summed E-state index contributed by atoms with van der Waals surface area (Å²) in [6.07, 6.45) is 6.48. The van der Waals surface area contributed by atoms with Crippen molar-refractivity contribution < 1.29 is 42.6 Å². The smallest absolute Gasteiger partial charge is 0.245 e. The Bertz CT molecular complexity index is 2670. The largest absolute Gasteiger partial charge is 0.361 e. The van der Waals surface area contributed by atoms with Crippen molar-refractivity contribution in [1.82, 2.24) is 47.1 Å². The molecule has 10 atom stereocenters. The topological polar surface area (TPSA) is 257 Å². The first-order valence-electron chi connectivity index (χ1n) is 26.3. The van der Waals surface area contributed by atoms with E-state index in [0.717, 1.165) is 10.9 Å². The number of carbonyl (C=O) groups excluding carboxylic acids is 8. The molecule has 2 aliphatic rings. The van der Waals surface area contributed by atoms with Gasteiger partial charge < -0.3 is 47.1 Å². The van der Waals surface area contributed by atoms with Gasteiger partial charge in [-0.25, -0.2) is 0 Å². The number of fused-ring (bicyclic) bond motifs is 2. The van der Waals surface area contributed by atoms with E-state index in [9.17, 15) is 42.6 Å². The van der Waals surface area contributed by atoms with Crippen LogP contribution in [0, 0.1) is 11.8 Å². The SMILES string of the molecule is CCC(C)[C@@H]1NC(=O)[C@H](Cc2c[nH]c3ccccc23)NC(=O)[C@H](Cc2ccccc2)NC(=O)[C@H](Cc2ccccc2)NC(=O)[C@@H]2CCCN2C(=O)[C@H](CCSC)NC(=O)[C@H](CC(C)C)NC(=O)[C@H](CCS(C)=O)NC1=O. The lowest BCUT2D eigenvalue weighted by Crippen LogP contribution is -2.62. The number of carbonyl (C=O) groups is 8. The van der Waals surface area contributed by atoms with Crippen molar-refractivity contribution >= 4 is 80.7 Å². The zero-order chi connectivity index (χ0) is 54.9. The van der Waals surface area contributed by atoms with E-state index in [-0.39, 0.29) is 63.2 Å². The Morgan fingerprint density at radius 1 is 0.605 bits per heavy atom. The molecule has 2 aliphatic heterocycles. The van der Waals surface area contributed by atoms with Crippen LogP contribution in [0.25, 0.3) is 10.9 Å². The molecule has 0 radical (unpaired) electrons. The van der Waals surface area contributed by atoms with Crippen molar-refractivity contribution in [3.8, 4) is 0 Å². The highest BCUT2D eigenvalue weighted by molar-refractivity contribution is 7.98. The van der Waals surface area contributed by atoms with Gasteiger partial charge in [-0.15, -0.1) is 0 Å². The molecule has 2 unspecified atom stereocenters. The van der Waals surface area contributed by atoms with Gasteiger partial charge in [-0.1, -0.05) is 113 Å². The van der Waals surface area contributed by atoms with E-state index in [2.05, 4.69) is 42.2 Å². The number of benzene rings is 3. The molecule has 0 saturated carbocycles. The molecular formula is C56H75N9O9S2. The van der Waals surface area contributed by atoms with Crippen molar-refractivity contribution in [2.24, 2.45) is 11.8 Å². The van der Waals surface area contributed by atoms with Crippen LogP contribution >= 0.6 is 11.8 Å². The molecule has 3 aromatic carbocycles. The van der Waals surface area contributed by atoms with Gasteiger partial charge in [-0.3, -0.25) is 42.6 Å². The van der Waals surface area contributed by atoms with Gasteiger partial charge in [0.1, 0.15) is 48.3 Å². The summed E-state index contributed by atoms with van der Waals surface area (Å²) in [5, 5.41) is 21.0. The maximum Gasteiger partial charge on any atom is 0.245 e. The fourth-order valence-corrected chi connectivity index (χ4v) is 10.7. The average Bonchev–Trinajstić information content (AvgIpc) is 4.07. The van der Waals surface area contributed by atoms with E-state index in [1.165, 1.54) is 22.9 Å². The summed E-state index contributed by atoms with van der Waals surface area (Å²) in [4.78, 5) is 122. The third-order valence-corrected chi connectivity index (χ3v) is 15.5. The van der Waals surface area contributed by atoms with Crippen molar-refractivity contribution in [2.45, 2.75) is 134 Å². The Hall–Kier alpha value is -6.54. The number of rotatable bonds is 16. The summed E-state index contributed by atoms with van der Waals surface area (Å²) < 4.78 is 12.5. The van der Waals surface area contributed by atoms with Gasteiger partial charge in [0, 0.05) is 65.7 Å². The third-order valence-electron chi connectivity index (χ3n) is 14.1. The van der Waals surface area contributed by atoms with Crippen LogP contribution in [0.3, 0.4) is 0 Å². The molecule has 410 valence electrons. The molecule has 2 fully saturated rings. The summed E-state index contributed by atoms with van der Waals surface area (Å²) in [6, 6.07) is 15.9. The van der Waals surface area contributed by atoms with Crippen LogP contribution in [0.4, 0.5) is 0 Å². The van der Waals surface area contributed by atoms with E-state index in [1.807, 2.05) is 75.6 Å². The Kier molecular flexibility index (Phi) is 22.1. The van der Waals surface area contributed by atoms with Gasteiger partial charge in [-0.2, -0.15) is 11.8 Å². The Morgan fingerprint density at radius 3 is 1.71 bits per heavy atom. The summed E-state index contributed by atoms with van der Waals surface area (Å²) in [5.41, 5.74) is 2.87. The van der Waals surface area contributed by atoms with Crippen molar-refractivity contribution in [2.75, 3.05) is 30.6 Å². The maximum atomic E-state index is 15.0. The zero-order valence-corrected chi connectivity index (χ0v) is 46.0. The number of nitrogens with zero attached hydrogens (tertiary/aromatic N) is 1. The monoisotopic (exact) mass is 1080 g/mol. The van der Waals surface area contributed by atoms with Gasteiger partial charge in [0.05, 0.1) is 0 Å². The minimum atomic E-state index is -1.39. The molecule has 8 amide bonds. The number of thioether (sulfide) groups is 1. The molecule has 18 nitrogen and oxygen atoms in total. The van der Waals surface area contributed by atoms with Crippen LogP contribution < -0.4 is 37.2 Å². The Balaban J connectivity index is 1.45. The van der Waals surface area contributed by atoms with Gasteiger partial charge in [-0.05, 0) is 78.7 Å². The second-order valence-corrected chi connectivity index (χ2v) is 22.9. The lowest BCUT2D eigenvalue weighted by molar-refractivity contribution is -0.142. The van der Waals surface area contributed by atoms with Crippen LogP contribution in [0.5, 0.6) is 0 Å². The molecule has 76 heavy (non-hydrogen) atoms.